The van der Waals surface area contributed by atoms with Crippen LogP contribution in [0.15, 0.2) is 48.7 Å². The molecule has 4 nitrogen and oxygen atoms in total. The van der Waals surface area contributed by atoms with Crippen molar-refractivity contribution >= 4 is 28.2 Å². The van der Waals surface area contributed by atoms with Crippen LogP contribution in [0.1, 0.15) is 35.2 Å². The third-order valence-electron chi connectivity index (χ3n) is 5.10. The summed E-state index contributed by atoms with van der Waals surface area (Å²) in [5.41, 5.74) is 2.44. The van der Waals surface area contributed by atoms with Gasteiger partial charge in [-0.15, -0.1) is 0 Å². The Hall–Kier alpha value is -2.95. The lowest BCUT2D eigenvalue weighted by Gasteiger charge is -2.27. The van der Waals surface area contributed by atoms with Gasteiger partial charge in [0.1, 0.15) is 11.6 Å². The van der Waals surface area contributed by atoms with Crippen LogP contribution in [-0.2, 0) is 0 Å². The number of fused-ring (bicyclic) bond motifs is 1. The number of anilines is 2. The predicted molar refractivity (Wildman–Crippen MR) is 106 cm³/mol. The van der Waals surface area contributed by atoms with Gasteiger partial charge in [-0.05, 0) is 56.0 Å². The Morgan fingerprint density at radius 3 is 2.56 bits per heavy atom. The van der Waals surface area contributed by atoms with Gasteiger partial charge in [0.25, 0.3) is 5.91 Å². The molecule has 2 heterocycles. The Kier molecular flexibility index (Phi) is 4.75. The summed E-state index contributed by atoms with van der Waals surface area (Å²) in [7, 11) is 0. The van der Waals surface area contributed by atoms with Crippen LogP contribution in [0.2, 0.25) is 0 Å². The number of hydrogen-bond acceptors (Lipinski definition) is 3. The zero-order valence-corrected chi connectivity index (χ0v) is 15.3. The van der Waals surface area contributed by atoms with Gasteiger partial charge >= 0.3 is 0 Å². The fraction of sp³-hybridized carbons (Fsp3) is 0.273. The first-order chi connectivity index (χ1) is 13.1. The zero-order valence-electron chi connectivity index (χ0n) is 15.3. The molecule has 0 aliphatic carbocycles. The van der Waals surface area contributed by atoms with Gasteiger partial charge in [0.15, 0.2) is 0 Å². The van der Waals surface area contributed by atoms with Crippen LogP contribution >= 0.6 is 0 Å². The fourth-order valence-corrected chi connectivity index (χ4v) is 3.68. The Balaban J connectivity index is 1.76. The van der Waals surface area contributed by atoms with Crippen molar-refractivity contribution in [2.45, 2.75) is 26.2 Å². The van der Waals surface area contributed by atoms with Crippen LogP contribution in [0.5, 0.6) is 0 Å². The molecule has 0 spiro atoms. The normalized spacial score (nSPS) is 14.4. The molecule has 0 bridgehead atoms. The van der Waals surface area contributed by atoms with E-state index in [-0.39, 0.29) is 11.7 Å². The first-order valence-electron chi connectivity index (χ1n) is 9.34. The highest BCUT2D eigenvalue weighted by Crippen LogP contribution is 2.30. The van der Waals surface area contributed by atoms with E-state index in [2.05, 4.69) is 10.3 Å². The van der Waals surface area contributed by atoms with E-state index in [1.54, 1.807) is 18.3 Å². The Labute approximate surface area is 158 Å². The summed E-state index contributed by atoms with van der Waals surface area (Å²) < 4.78 is 13.2. The molecule has 1 amide bonds. The van der Waals surface area contributed by atoms with Crippen LogP contribution in [-0.4, -0.2) is 28.9 Å². The minimum atomic E-state index is -0.281. The summed E-state index contributed by atoms with van der Waals surface area (Å²) in [5.74, 6) is 0.432. The van der Waals surface area contributed by atoms with Crippen molar-refractivity contribution in [2.75, 3.05) is 18.4 Å². The molecule has 1 saturated heterocycles. The number of benzene rings is 2. The number of halogens is 1. The quantitative estimate of drug-likeness (QED) is 0.708. The molecule has 2 aromatic carbocycles. The third-order valence-corrected chi connectivity index (χ3v) is 5.10. The molecule has 0 saturated carbocycles. The number of aryl methyl sites for hydroxylation is 1. The molecular weight excluding hydrogens is 341 g/mol. The van der Waals surface area contributed by atoms with Gasteiger partial charge in [-0.25, -0.2) is 9.37 Å². The summed E-state index contributed by atoms with van der Waals surface area (Å²) in [6.07, 6.45) is 4.96. The van der Waals surface area contributed by atoms with E-state index < -0.39 is 0 Å². The molecule has 0 atom stereocenters. The van der Waals surface area contributed by atoms with Crippen LogP contribution in [0.4, 0.5) is 15.9 Å². The Bertz CT molecular complexity index is 979. The van der Waals surface area contributed by atoms with Crippen molar-refractivity contribution in [1.29, 1.82) is 0 Å². The average molecular weight is 363 g/mol. The number of carbonyl (C=O) groups excluding carboxylic acids is 1. The van der Waals surface area contributed by atoms with E-state index in [0.717, 1.165) is 48.0 Å². The summed E-state index contributed by atoms with van der Waals surface area (Å²) in [6, 6.07) is 12.1. The Morgan fingerprint density at radius 1 is 1.07 bits per heavy atom. The van der Waals surface area contributed by atoms with Gasteiger partial charge in [0, 0.05) is 35.7 Å². The fourth-order valence-electron chi connectivity index (χ4n) is 3.68. The largest absolute Gasteiger partial charge is 0.340 e. The van der Waals surface area contributed by atoms with Gasteiger partial charge in [-0.2, -0.15) is 0 Å². The summed E-state index contributed by atoms with van der Waals surface area (Å²) >= 11 is 0. The van der Waals surface area contributed by atoms with Gasteiger partial charge < -0.3 is 10.2 Å². The standard InChI is InChI=1S/C22H22FN3O/c1-15-6-5-7-18-20(15)19(22(27)26-12-3-2-4-13-26)14-24-21(18)25-17-10-8-16(23)9-11-17/h5-11,14H,2-4,12-13H2,1H3,(H,24,25). The maximum absolute atomic E-state index is 13.2. The van der Waals surface area contributed by atoms with E-state index in [1.807, 2.05) is 30.0 Å². The van der Waals surface area contributed by atoms with Crippen molar-refractivity contribution in [3.8, 4) is 0 Å². The average Bonchev–Trinajstić information content (AvgIpc) is 2.70. The molecule has 1 fully saturated rings. The number of aromatic nitrogens is 1. The number of carbonyl (C=O) groups is 1. The van der Waals surface area contributed by atoms with Crippen molar-refractivity contribution < 1.29 is 9.18 Å². The molecule has 1 aliphatic heterocycles. The van der Waals surface area contributed by atoms with Crippen LogP contribution < -0.4 is 5.32 Å². The number of likely N-dealkylation sites (tertiary alicyclic amines) is 1. The maximum Gasteiger partial charge on any atom is 0.256 e. The first kappa shape index (κ1) is 17.5. The minimum absolute atomic E-state index is 0.0508. The molecule has 1 aromatic heterocycles. The molecule has 5 heteroatoms. The number of rotatable bonds is 3. The smallest absolute Gasteiger partial charge is 0.256 e. The molecule has 138 valence electrons. The van der Waals surface area contributed by atoms with Crippen molar-refractivity contribution in [1.82, 2.24) is 9.88 Å². The zero-order chi connectivity index (χ0) is 18.8. The summed E-state index contributed by atoms with van der Waals surface area (Å²) in [5, 5.41) is 5.06. The lowest BCUT2D eigenvalue weighted by molar-refractivity contribution is 0.0726. The van der Waals surface area contributed by atoms with Gasteiger partial charge in [0.05, 0.1) is 5.56 Å². The first-order valence-corrected chi connectivity index (χ1v) is 9.34. The number of hydrogen-bond donors (Lipinski definition) is 1. The minimum Gasteiger partial charge on any atom is -0.340 e. The number of piperidine rings is 1. The second-order valence-corrected chi connectivity index (χ2v) is 7.00. The number of nitrogens with one attached hydrogen (secondary N) is 1. The molecule has 1 aliphatic rings. The molecule has 0 unspecified atom stereocenters. The highest BCUT2D eigenvalue weighted by Gasteiger charge is 2.22. The van der Waals surface area contributed by atoms with Crippen molar-refractivity contribution in [3.05, 3.63) is 65.6 Å². The molecule has 27 heavy (non-hydrogen) atoms. The second kappa shape index (κ2) is 7.35. The highest BCUT2D eigenvalue weighted by molar-refractivity contribution is 6.10. The number of amides is 1. The number of nitrogens with zero attached hydrogens (tertiary/aromatic N) is 2. The van der Waals surface area contributed by atoms with Gasteiger partial charge in [-0.3, -0.25) is 4.79 Å². The topological polar surface area (TPSA) is 45.2 Å². The molecular formula is C22H22FN3O. The molecule has 1 N–H and O–H groups in total. The van der Waals surface area contributed by atoms with E-state index in [9.17, 15) is 9.18 Å². The van der Waals surface area contributed by atoms with E-state index in [4.69, 9.17) is 0 Å². The van der Waals surface area contributed by atoms with Gasteiger partial charge in [0.2, 0.25) is 0 Å². The molecule has 0 radical (unpaired) electrons. The van der Waals surface area contributed by atoms with Crippen molar-refractivity contribution in [3.63, 3.8) is 0 Å². The van der Waals surface area contributed by atoms with E-state index >= 15 is 0 Å². The maximum atomic E-state index is 13.2. The SMILES string of the molecule is Cc1cccc2c(Nc3ccc(F)cc3)ncc(C(=O)N3CCCCC3)c12. The Morgan fingerprint density at radius 2 is 1.81 bits per heavy atom. The molecule has 4 rings (SSSR count). The lowest BCUT2D eigenvalue weighted by Crippen LogP contribution is -2.35. The molecule has 3 aromatic rings. The third kappa shape index (κ3) is 3.50. The van der Waals surface area contributed by atoms with Gasteiger partial charge in [-0.1, -0.05) is 18.2 Å². The number of pyridine rings is 1. The predicted octanol–water partition coefficient (Wildman–Crippen LogP) is 5.05. The van der Waals surface area contributed by atoms with Crippen LogP contribution in [0.3, 0.4) is 0 Å². The summed E-state index contributed by atoms with van der Waals surface area (Å²) in [4.78, 5) is 19.6. The highest BCUT2D eigenvalue weighted by atomic mass is 19.1. The van der Waals surface area contributed by atoms with E-state index in [1.165, 1.54) is 18.6 Å². The second-order valence-electron chi connectivity index (χ2n) is 7.00. The monoisotopic (exact) mass is 363 g/mol. The lowest BCUT2D eigenvalue weighted by atomic mass is 10.00. The van der Waals surface area contributed by atoms with Crippen molar-refractivity contribution in [2.24, 2.45) is 0 Å². The summed E-state index contributed by atoms with van der Waals surface area (Å²) in [6.45, 7) is 3.63. The van der Waals surface area contributed by atoms with Crippen LogP contribution in [0, 0.1) is 12.7 Å². The van der Waals surface area contributed by atoms with E-state index in [0.29, 0.717) is 11.4 Å². The van der Waals surface area contributed by atoms with Crippen LogP contribution in [0.25, 0.3) is 10.8 Å².